The van der Waals surface area contributed by atoms with Crippen LogP contribution >= 0.6 is 11.6 Å². The minimum Gasteiger partial charge on any atom is -0.480 e. The van der Waals surface area contributed by atoms with Gasteiger partial charge in [-0.25, -0.2) is 8.42 Å². The van der Waals surface area contributed by atoms with Crippen molar-refractivity contribution in [2.45, 2.75) is 49.1 Å². The highest BCUT2D eigenvalue weighted by molar-refractivity contribution is 7.89. The molecule has 1 aromatic carbocycles. The number of halogens is 1. The number of hydrogen-bond acceptors (Lipinski definition) is 4. The number of benzene rings is 1. The van der Waals surface area contributed by atoms with E-state index in [1.165, 1.54) is 18.2 Å². The lowest BCUT2D eigenvalue weighted by atomic mass is 9.85. The van der Waals surface area contributed by atoms with Gasteiger partial charge in [-0.3, -0.25) is 4.79 Å². The molecule has 24 heavy (non-hydrogen) atoms. The maximum Gasteiger partial charge on any atom is 0.322 e. The maximum absolute atomic E-state index is 13.2. The Morgan fingerprint density at radius 1 is 1.33 bits per heavy atom. The second-order valence-corrected chi connectivity index (χ2v) is 8.48. The molecule has 1 aliphatic carbocycles. The van der Waals surface area contributed by atoms with Crippen LogP contribution in [0.4, 0.5) is 0 Å². The number of sulfonamides is 1. The zero-order valence-electron chi connectivity index (χ0n) is 12.9. The van der Waals surface area contributed by atoms with Gasteiger partial charge in [0, 0.05) is 6.04 Å². The van der Waals surface area contributed by atoms with Crippen molar-refractivity contribution in [1.82, 2.24) is 4.31 Å². The molecule has 3 unspecified atom stereocenters. The Kier molecular flexibility index (Phi) is 4.56. The molecule has 1 saturated carbocycles. The van der Waals surface area contributed by atoms with Gasteiger partial charge in [0.25, 0.3) is 0 Å². The Balaban J connectivity index is 2.12. The molecule has 1 aromatic rings. The summed E-state index contributed by atoms with van der Waals surface area (Å²) in [5.74, 6) is -1.09. The molecule has 0 spiro atoms. The average molecular weight is 369 g/mol. The van der Waals surface area contributed by atoms with Gasteiger partial charge in [-0.2, -0.15) is 9.57 Å². The fraction of sp³-hybridized carbons (Fsp3) is 0.500. The zero-order chi connectivity index (χ0) is 17.5. The van der Waals surface area contributed by atoms with Crippen molar-refractivity contribution < 1.29 is 18.3 Å². The Morgan fingerprint density at radius 3 is 2.71 bits per heavy atom. The van der Waals surface area contributed by atoms with Crippen molar-refractivity contribution in [1.29, 1.82) is 5.26 Å². The molecule has 2 fully saturated rings. The third-order valence-electron chi connectivity index (χ3n) is 4.96. The van der Waals surface area contributed by atoms with Crippen molar-refractivity contribution in [3.8, 4) is 6.07 Å². The zero-order valence-corrected chi connectivity index (χ0v) is 14.4. The number of carbonyl (C=O) groups is 1. The van der Waals surface area contributed by atoms with Gasteiger partial charge >= 0.3 is 5.97 Å². The van der Waals surface area contributed by atoms with Crippen LogP contribution in [-0.4, -0.2) is 35.9 Å². The van der Waals surface area contributed by atoms with Crippen LogP contribution in [0.2, 0.25) is 5.02 Å². The van der Waals surface area contributed by atoms with Crippen LogP contribution in [0.25, 0.3) is 0 Å². The summed E-state index contributed by atoms with van der Waals surface area (Å²) in [4.78, 5) is 11.4. The van der Waals surface area contributed by atoms with E-state index in [4.69, 9.17) is 11.6 Å². The second kappa shape index (κ2) is 6.36. The Hall–Kier alpha value is -1.62. The lowest BCUT2D eigenvalue weighted by molar-refractivity contribution is -0.141. The standard InChI is InChI=1S/C16H17ClN2O4S/c17-12-5-3-7-15(11(12)9-18)24(22,23)19-13-6-2-1-4-10(13)8-14(19)16(20)21/h3,5,7,10,13-14H,1-2,4,6,8H2,(H,20,21). The minimum atomic E-state index is -4.12. The molecular formula is C16H17ClN2O4S. The molecule has 8 heteroatoms. The van der Waals surface area contributed by atoms with E-state index in [0.29, 0.717) is 12.8 Å². The molecule has 1 saturated heterocycles. The van der Waals surface area contributed by atoms with Crippen LogP contribution in [0.1, 0.15) is 37.7 Å². The summed E-state index contributed by atoms with van der Waals surface area (Å²) in [6, 6.07) is 4.63. The first-order valence-electron chi connectivity index (χ1n) is 7.83. The monoisotopic (exact) mass is 368 g/mol. The number of fused-ring (bicyclic) bond motifs is 1. The first-order valence-corrected chi connectivity index (χ1v) is 9.64. The molecular weight excluding hydrogens is 352 g/mol. The normalized spacial score (nSPS) is 27.4. The molecule has 2 aliphatic rings. The molecule has 0 aromatic heterocycles. The Bertz CT molecular complexity index is 818. The van der Waals surface area contributed by atoms with E-state index in [2.05, 4.69) is 0 Å². The highest BCUT2D eigenvalue weighted by atomic mass is 35.5. The van der Waals surface area contributed by atoms with Crippen molar-refractivity contribution >= 4 is 27.6 Å². The number of rotatable bonds is 3. The fourth-order valence-electron chi connectivity index (χ4n) is 3.92. The summed E-state index contributed by atoms with van der Waals surface area (Å²) >= 11 is 5.96. The van der Waals surface area contributed by atoms with Crippen molar-refractivity contribution in [3.63, 3.8) is 0 Å². The lowest BCUT2D eigenvalue weighted by Crippen LogP contribution is -2.46. The molecule has 0 bridgehead atoms. The van der Waals surface area contributed by atoms with E-state index >= 15 is 0 Å². The van der Waals surface area contributed by atoms with E-state index < -0.39 is 22.0 Å². The van der Waals surface area contributed by atoms with Crippen molar-refractivity contribution in [2.24, 2.45) is 5.92 Å². The van der Waals surface area contributed by atoms with Gasteiger partial charge in [0.05, 0.1) is 10.6 Å². The van der Waals surface area contributed by atoms with Crippen LogP contribution in [0.5, 0.6) is 0 Å². The van der Waals surface area contributed by atoms with E-state index in [1.807, 2.05) is 6.07 Å². The molecule has 0 radical (unpaired) electrons. The summed E-state index contributed by atoms with van der Waals surface area (Å²) in [6.45, 7) is 0. The third kappa shape index (κ3) is 2.69. The van der Waals surface area contributed by atoms with Crippen LogP contribution in [0.15, 0.2) is 23.1 Å². The molecule has 128 valence electrons. The molecule has 1 N–H and O–H groups in total. The highest BCUT2D eigenvalue weighted by Gasteiger charge is 2.51. The van der Waals surface area contributed by atoms with Gasteiger partial charge in [0.1, 0.15) is 17.0 Å². The first-order chi connectivity index (χ1) is 11.4. The summed E-state index contributed by atoms with van der Waals surface area (Å²) < 4.78 is 27.5. The number of carboxylic acids is 1. The van der Waals surface area contributed by atoms with Crippen LogP contribution < -0.4 is 0 Å². The predicted molar refractivity (Wildman–Crippen MR) is 87.0 cm³/mol. The molecule has 0 amide bonds. The summed E-state index contributed by atoms with van der Waals surface area (Å²) in [7, 11) is -4.12. The number of nitriles is 1. The second-order valence-electron chi connectivity index (χ2n) is 6.26. The Labute approximate surface area is 145 Å². The van der Waals surface area contributed by atoms with Crippen LogP contribution in [0.3, 0.4) is 0 Å². The van der Waals surface area contributed by atoms with Gasteiger partial charge in [-0.15, -0.1) is 0 Å². The smallest absolute Gasteiger partial charge is 0.322 e. The minimum absolute atomic E-state index is 0.0461. The van der Waals surface area contributed by atoms with Gasteiger partial charge in [-0.05, 0) is 37.3 Å². The number of carboxylic acid groups (broad SMARTS) is 1. The SMILES string of the molecule is N#Cc1c(Cl)cccc1S(=O)(=O)N1C(C(=O)O)CC2CCCCC21. The van der Waals surface area contributed by atoms with E-state index in [0.717, 1.165) is 23.6 Å². The summed E-state index contributed by atoms with van der Waals surface area (Å²) in [6.07, 6.45) is 3.67. The summed E-state index contributed by atoms with van der Waals surface area (Å²) in [5, 5.41) is 18.9. The molecule has 1 heterocycles. The van der Waals surface area contributed by atoms with E-state index in [-0.39, 0.29) is 27.4 Å². The predicted octanol–water partition coefficient (Wildman–Crippen LogP) is 2.62. The van der Waals surface area contributed by atoms with Crippen LogP contribution in [-0.2, 0) is 14.8 Å². The summed E-state index contributed by atoms with van der Waals surface area (Å²) in [5.41, 5.74) is -0.137. The van der Waals surface area contributed by atoms with Gasteiger partial charge in [0.15, 0.2) is 0 Å². The van der Waals surface area contributed by atoms with E-state index in [9.17, 15) is 23.6 Å². The average Bonchev–Trinajstić information content (AvgIpc) is 2.95. The van der Waals surface area contributed by atoms with Gasteiger partial charge in [0.2, 0.25) is 10.0 Å². The third-order valence-corrected chi connectivity index (χ3v) is 7.25. The van der Waals surface area contributed by atoms with Crippen molar-refractivity contribution in [3.05, 3.63) is 28.8 Å². The fourth-order valence-corrected chi connectivity index (χ4v) is 6.23. The maximum atomic E-state index is 13.2. The lowest BCUT2D eigenvalue weighted by Gasteiger charge is -2.32. The van der Waals surface area contributed by atoms with E-state index in [1.54, 1.807) is 0 Å². The number of nitrogens with zero attached hydrogens (tertiary/aromatic N) is 2. The quantitative estimate of drug-likeness (QED) is 0.884. The Morgan fingerprint density at radius 2 is 2.04 bits per heavy atom. The highest BCUT2D eigenvalue weighted by Crippen LogP contribution is 2.43. The largest absolute Gasteiger partial charge is 0.480 e. The van der Waals surface area contributed by atoms with Crippen LogP contribution in [0, 0.1) is 17.2 Å². The molecule has 6 nitrogen and oxygen atoms in total. The molecule has 3 atom stereocenters. The first kappa shape index (κ1) is 17.2. The van der Waals surface area contributed by atoms with Crippen molar-refractivity contribution in [2.75, 3.05) is 0 Å². The van der Waals surface area contributed by atoms with Gasteiger partial charge < -0.3 is 5.11 Å². The molecule has 1 aliphatic heterocycles. The molecule has 3 rings (SSSR count). The number of aliphatic carboxylic acids is 1. The topological polar surface area (TPSA) is 98.5 Å². The van der Waals surface area contributed by atoms with Gasteiger partial charge in [-0.1, -0.05) is 30.5 Å². The number of hydrogen-bond donors (Lipinski definition) is 1.